The quantitative estimate of drug-likeness (QED) is 0.461. The largest absolute Gasteiger partial charge is 0.442 e. The molecule has 0 fully saturated rings. The van der Waals surface area contributed by atoms with Gasteiger partial charge in [-0.25, -0.2) is 4.79 Å². The zero-order valence-electron chi connectivity index (χ0n) is 7.00. The van der Waals surface area contributed by atoms with Gasteiger partial charge in [0.15, 0.2) is 0 Å². The first kappa shape index (κ1) is 10.7. The zero-order valence-corrected chi connectivity index (χ0v) is 7.89. The Morgan fingerprint density at radius 2 is 2.09 bits per heavy atom. The average Bonchev–Trinajstić information content (AvgIpc) is 2.03. The van der Waals surface area contributed by atoms with Crippen LogP contribution in [0.15, 0.2) is 0 Å². The molecule has 0 aliphatic heterocycles. The lowest BCUT2D eigenvalue weighted by Gasteiger charge is -1.90. The normalized spacial score (nSPS) is 11.3. The van der Waals surface area contributed by atoms with Crippen LogP contribution in [0, 0.1) is 0 Å². The molecule has 0 heterocycles. The molecule has 0 aromatic carbocycles. The summed E-state index contributed by atoms with van der Waals surface area (Å²) in [6.07, 6.45) is 1.32. The number of carbonyl (C=O) groups excluding carboxylic acids is 1. The fraction of sp³-hybridized carbons (Fsp3) is 0.857. The van der Waals surface area contributed by atoms with Crippen LogP contribution in [-0.4, -0.2) is 18.5 Å². The molecule has 0 radical (unpaired) electrons. The number of carbonyl (C=O) groups is 1. The molecule has 0 aliphatic carbocycles. The third-order valence-corrected chi connectivity index (χ3v) is 2.43. The van der Waals surface area contributed by atoms with E-state index in [2.05, 4.69) is 0 Å². The lowest BCUT2D eigenvalue weighted by atomic mass is 10.5. The highest BCUT2D eigenvalue weighted by Crippen LogP contribution is 2.22. The number of hydrogen-bond acceptors (Lipinski definition) is 3. The molecule has 0 bridgehead atoms. The monoisotopic (exact) mass is 177 g/mol. The van der Waals surface area contributed by atoms with E-state index in [9.17, 15) is 9.36 Å². The van der Waals surface area contributed by atoms with E-state index >= 15 is 0 Å². The van der Waals surface area contributed by atoms with Gasteiger partial charge >= 0.3 is 13.3 Å². The minimum absolute atomic E-state index is 0.0931. The first-order chi connectivity index (χ1) is 5.22. The molecular formula is C7H14O3P+. The molecule has 0 saturated heterocycles. The van der Waals surface area contributed by atoms with Crippen LogP contribution in [0.3, 0.4) is 0 Å². The average molecular weight is 177 g/mol. The van der Waals surface area contributed by atoms with Crippen LogP contribution >= 0.6 is 7.80 Å². The summed E-state index contributed by atoms with van der Waals surface area (Å²) in [7, 11) is -1.76. The Hall–Kier alpha value is -0.270. The van der Waals surface area contributed by atoms with Gasteiger partial charge in [0.2, 0.25) is 0 Å². The van der Waals surface area contributed by atoms with Crippen molar-refractivity contribution in [3.8, 4) is 0 Å². The molecule has 11 heavy (non-hydrogen) atoms. The van der Waals surface area contributed by atoms with Crippen LogP contribution in [0.1, 0.15) is 26.7 Å². The van der Waals surface area contributed by atoms with E-state index in [1.165, 1.54) is 0 Å². The zero-order chi connectivity index (χ0) is 8.69. The fourth-order valence-electron chi connectivity index (χ4n) is 0.540. The maximum atomic E-state index is 10.9. The maximum Gasteiger partial charge on any atom is 0.442 e. The second-order valence-corrected chi connectivity index (χ2v) is 3.68. The second-order valence-electron chi connectivity index (χ2n) is 2.16. The highest BCUT2D eigenvalue weighted by molar-refractivity contribution is 7.63. The summed E-state index contributed by atoms with van der Waals surface area (Å²) >= 11 is 0. The molecule has 64 valence electrons. The SMILES string of the molecule is CCCOC[P+](=O)C(=O)CC. The Labute approximate surface area is 67.9 Å². The van der Waals surface area contributed by atoms with Crippen molar-refractivity contribution in [2.24, 2.45) is 0 Å². The number of hydrogen-bond donors (Lipinski definition) is 0. The van der Waals surface area contributed by atoms with Crippen molar-refractivity contribution in [2.45, 2.75) is 26.7 Å². The molecule has 1 unspecified atom stereocenters. The van der Waals surface area contributed by atoms with Crippen LogP contribution < -0.4 is 0 Å². The highest BCUT2D eigenvalue weighted by Gasteiger charge is 2.25. The van der Waals surface area contributed by atoms with E-state index in [0.717, 1.165) is 6.42 Å². The summed E-state index contributed by atoms with van der Waals surface area (Å²) in [6.45, 7) is 4.25. The van der Waals surface area contributed by atoms with Gasteiger partial charge in [-0.1, -0.05) is 18.4 Å². The van der Waals surface area contributed by atoms with Gasteiger partial charge in [0.1, 0.15) is 0 Å². The molecule has 0 aromatic heterocycles. The lowest BCUT2D eigenvalue weighted by molar-refractivity contribution is -0.111. The van der Waals surface area contributed by atoms with Crippen molar-refractivity contribution in [3.63, 3.8) is 0 Å². The van der Waals surface area contributed by atoms with Crippen molar-refractivity contribution < 1.29 is 14.1 Å². The Balaban J connectivity index is 3.44. The minimum atomic E-state index is -1.76. The van der Waals surface area contributed by atoms with E-state index < -0.39 is 7.80 Å². The summed E-state index contributed by atoms with van der Waals surface area (Å²) in [5, 5.41) is 0. The third kappa shape index (κ3) is 5.05. The Kier molecular flexibility index (Phi) is 6.28. The third-order valence-electron chi connectivity index (χ3n) is 1.14. The number of rotatable bonds is 6. The molecule has 0 spiro atoms. The van der Waals surface area contributed by atoms with Crippen molar-refractivity contribution in [1.82, 2.24) is 0 Å². The van der Waals surface area contributed by atoms with Gasteiger partial charge in [-0.05, 0) is 6.42 Å². The van der Waals surface area contributed by atoms with Gasteiger partial charge < -0.3 is 4.74 Å². The highest BCUT2D eigenvalue weighted by atomic mass is 31.1. The summed E-state index contributed by atoms with van der Waals surface area (Å²) in [5.41, 5.74) is -0.198. The predicted octanol–water partition coefficient (Wildman–Crippen LogP) is 2.13. The molecular weight excluding hydrogens is 163 g/mol. The van der Waals surface area contributed by atoms with E-state index in [0.29, 0.717) is 13.0 Å². The molecule has 0 aromatic rings. The topological polar surface area (TPSA) is 43.4 Å². The van der Waals surface area contributed by atoms with Crippen LogP contribution in [0.4, 0.5) is 0 Å². The lowest BCUT2D eigenvalue weighted by Crippen LogP contribution is -1.96. The molecule has 0 saturated carbocycles. The van der Waals surface area contributed by atoms with E-state index in [-0.39, 0.29) is 11.9 Å². The van der Waals surface area contributed by atoms with Gasteiger partial charge in [-0.2, -0.15) is 0 Å². The van der Waals surface area contributed by atoms with Gasteiger partial charge in [-0.3, -0.25) is 0 Å². The van der Waals surface area contributed by atoms with Crippen LogP contribution in [-0.2, 0) is 14.1 Å². The molecule has 0 amide bonds. The minimum Gasteiger partial charge on any atom is -0.337 e. The van der Waals surface area contributed by atoms with Crippen LogP contribution in [0.2, 0.25) is 0 Å². The van der Waals surface area contributed by atoms with E-state index in [1.54, 1.807) is 6.92 Å². The van der Waals surface area contributed by atoms with Crippen molar-refractivity contribution >= 4 is 13.3 Å². The van der Waals surface area contributed by atoms with Crippen molar-refractivity contribution in [2.75, 3.05) is 13.0 Å². The molecule has 0 aliphatic rings. The molecule has 0 rings (SSSR count). The maximum absolute atomic E-state index is 10.9. The summed E-state index contributed by atoms with van der Waals surface area (Å²) in [6, 6.07) is 0. The van der Waals surface area contributed by atoms with Crippen molar-refractivity contribution in [3.05, 3.63) is 0 Å². The summed E-state index contributed by atoms with van der Waals surface area (Å²) in [4.78, 5) is 10.7. The van der Waals surface area contributed by atoms with Gasteiger partial charge in [-0.15, -0.1) is 0 Å². The van der Waals surface area contributed by atoms with Crippen LogP contribution in [0.5, 0.6) is 0 Å². The second kappa shape index (κ2) is 6.44. The van der Waals surface area contributed by atoms with E-state index in [4.69, 9.17) is 4.74 Å². The molecule has 1 atom stereocenters. The number of ether oxygens (including phenoxy) is 1. The predicted molar refractivity (Wildman–Crippen MR) is 44.0 cm³/mol. The van der Waals surface area contributed by atoms with Crippen molar-refractivity contribution in [1.29, 1.82) is 0 Å². The first-order valence-corrected chi connectivity index (χ1v) is 5.22. The fourth-order valence-corrected chi connectivity index (χ4v) is 1.33. The Morgan fingerprint density at radius 1 is 1.45 bits per heavy atom. The summed E-state index contributed by atoms with van der Waals surface area (Å²) in [5.74, 6) is 0. The van der Waals surface area contributed by atoms with Gasteiger partial charge in [0, 0.05) is 0 Å². The Bertz CT molecular complexity index is 145. The first-order valence-electron chi connectivity index (χ1n) is 3.77. The van der Waals surface area contributed by atoms with Gasteiger partial charge in [0.05, 0.1) is 13.0 Å². The van der Waals surface area contributed by atoms with Gasteiger partial charge in [0.25, 0.3) is 6.35 Å². The smallest absolute Gasteiger partial charge is 0.337 e. The standard InChI is InChI=1S/C7H14O3P/c1-3-5-10-6-11(9)7(8)4-2/h3-6H2,1-2H3/q+1. The van der Waals surface area contributed by atoms with E-state index in [1.807, 2.05) is 6.92 Å². The summed E-state index contributed by atoms with van der Waals surface area (Å²) < 4.78 is 15.9. The molecule has 0 N–H and O–H groups in total. The Morgan fingerprint density at radius 3 is 2.55 bits per heavy atom. The molecule has 4 heteroatoms. The van der Waals surface area contributed by atoms with Crippen LogP contribution in [0.25, 0.3) is 0 Å². The molecule has 3 nitrogen and oxygen atoms in total.